The second-order valence-electron chi connectivity index (χ2n) is 3.49. The van der Waals surface area contributed by atoms with Gasteiger partial charge in [0.05, 0.1) is 13.7 Å². The molecule has 0 unspecified atom stereocenters. The Labute approximate surface area is 78.2 Å². The quantitative estimate of drug-likeness (QED) is 0.473. The third-order valence-corrected chi connectivity index (χ3v) is 1.79. The van der Waals surface area contributed by atoms with Crippen molar-refractivity contribution in [3.63, 3.8) is 0 Å². The molecule has 0 aliphatic carbocycles. The van der Waals surface area contributed by atoms with Gasteiger partial charge in [-0.3, -0.25) is 9.59 Å². The molecule has 0 saturated carbocycles. The standard InChI is InChI=1S/C9H16O4/c1-9(2,6-12-3)7(10)5-8(11)13-4/h5-6H2,1-4H3. The van der Waals surface area contributed by atoms with Crippen molar-refractivity contribution in [2.45, 2.75) is 20.3 Å². The zero-order valence-corrected chi connectivity index (χ0v) is 8.55. The van der Waals surface area contributed by atoms with Crippen LogP contribution in [-0.2, 0) is 19.1 Å². The van der Waals surface area contributed by atoms with E-state index in [2.05, 4.69) is 4.74 Å². The Bertz CT molecular complexity index is 196. The van der Waals surface area contributed by atoms with E-state index < -0.39 is 11.4 Å². The fourth-order valence-corrected chi connectivity index (χ4v) is 0.884. The number of carbonyl (C=O) groups is 2. The Morgan fingerprint density at radius 2 is 1.77 bits per heavy atom. The highest BCUT2D eigenvalue weighted by molar-refractivity contribution is 5.98. The molecule has 4 nitrogen and oxygen atoms in total. The van der Waals surface area contributed by atoms with Crippen LogP contribution in [0.25, 0.3) is 0 Å². The minimum absolute atomic E-state index is 0.166. The topological polar surface area (TPSA) is 52.6 Å². The van der Waals surface area contributed by atoms with E-state index >= 15 is 0 Å². The average Bonchev–Trinajstić information content (AvgIpc) is 2.04. The molecular weight excluding hydrogens is 172 g/mol. The molecule has 0 saturated heterocycles. The maximum absolute atomic E-state index is 11.4. The molecule has 0 N–H and O–H groups in total. The number of esters is 1. The summed E-state index contributed by atoms with van der Waals surface area (Å²) in [4.78, 5) is 22.2. The lowest BCUT2D eigenvalue weighted by molar-refractivity contribution is -0.146. The average molecular weight is 188 g/mol. The summed E-state index contributed by atoms with van der Waals surface area (Å²) in [5.74, 6) is -0.671. The van der Waals surface area contributed by atoms with Gasteiger partial charge in [-0.2, -0.15) is 0 Å². The van der Waals surface area contributed by atoms with Crippen molar-refractivity contribution in [2.75, 3.05) is 20.8 Å². The Hall–Kier alpha value is -0.900. The Morgan fingerprint density at radius 3 is 2.15 bits per heavy atom. The van der Waals surface area contributed by atoms with Crippen molar-refractivity contribution >= 4 is 11.8 Å². The second kappa shape index (κ2) is 4.97. The van der Waals surface area contributed by atoms with Gasteiger partial charge in [-0.05, 0) is 0 Å². The molecule has 4 heteroatoms. The van der Waals surface area contributed by atoms with E-state index in [0.29, 0.717) is 6.61 Å². The summed E-state index contributed by atoms with van der Waals surface area (Å²) in [5.41, 5.74) is -0.622. The monoisotopic (exact) mass is 188 g/mol. The molecule has 0 aromatic heterocycles. The molecule has 0 fully saturated rings. The number of Topliss-reactive ketones (excluding diaryl/α,β-unsaturated/α-hetero) is 1. The van der Waals surface area contributed by atoms with Gasteiger partial charge < -0.3 is 9.47 Å². The van der Waals surface area contributed by atoms with Crippen LogP contribution in [0.15, 0.2) is 0 Å². The molecule has 0 radical (unpaired) electrons. The van der Waals surface area contributed by atoms with Crippen LogP contribution in [0.1, 0.15) is 20.3 Å². The van der Waals surface area contributed by atoms with Crippen molar-refractivity contribution in [3.05, 3.63) is 0 Å². The summed E-state index contributed by atoms with van der Waals surface area (Å²) in [6.45, 7) is 3.78. The van der Waals surface area contributed by atoms with Crippen LogP contribution in [0.5, 0.6) is 0 Å². The van der Waals surface area contributed by atoms with Crippen LogP contribution >= 0.6 is 0 Å². The summed E-state index contributed by atoms with van der Waals surface area (Å²) in [6, 6.07) is 0. The molecule has 0 bridgehead atoms. The van der Waals surface area contributed by atoms with Gasteiger partial charge >= 0.3 is 5.97 Å². The van der Waals surface area contributed by atoms with Crippen LogP contribution in [0, 0.1) is 5.41 Å². The molecule has 0 amide bonds. The van der Waals surface area contributed by atoms with Gasteiger partial charge in [0.1, 0.15) is 6.42 Å². The molecule has 0 aliphatic rings. The van der Waals surface area contributed by atoms with Gasteiger partial charge in [0.2, 0.25) is 0 Å². The van der Waals surface area contributed by atoms with Crippen LogP contribution in [0.4, 0.5) is 0 Å². The molecule has 76 valence electrons. The molecular formula is C9H16O4. The lowest BCUT2D eigenvalue weighted by Gasteiger charge is -2.20. The van der Waals surface area contributed by atoms with Crippen LogP contribution in [-0.4, -0.2) is 32.6 Å². The molecule has 0 aromatic carbocycles. The molecule has 13 heavy (non-hydrogen) atoms. The van der Waals surface area contributed by atoms with E-state index in [1.807, 2.05) is 0 Å². The molecule has 0 aromatic rings. The first-order chi connectivity index (χ1) is 5.94. The van der Waals surface area contributed by atoms with E-state index in [9.17, 15) is 9.59 Å². The van der Waals surface area contributed by atoms with E-state index in [1.54, 1.807) is 13.8 Å². The van der Waals surface area contributed by atoms with Crippen LogP contribution < -0.4 is 0 Å². The first kappa shape index (κ1) is 12.1. The third-order valence-electron chi connectivity index (χ3n) is 1.79. The third kappa shape index (κ3) is 4.03. The van der Waals surface area contributed by atoms with Gasteiger partial charge in [-0.1, -0.05) is 13.8 Å². The molecule has 0 aliphatic heterocycles. The van der Waals surface area contributed by atoms with Gasteiger partial charge in [0.15, 0.2) is 5.78 Å². The largest absolute Gasteiger partial charge is 0.469 e. The Morgan fingerprint density at radius 1 is 1.23 bits per heavy atom. The van der Waals surface area contributed by atoms with E-state index in [4.69, 9.17) is 4.74 Å². The summed E-state index contributed by atoms with van der Waals surface area (Å²) in [5, 5.41) is 0. The Balaban J connectivity index is 4.16. The van der Waals surface area contributed by atoms with Crippen molar-refractivity contribution in [2.24, 2.45) is 5.41 Å². The van der Waals surface area contributed by atoms with Crippen LogP contribution in [0.2, 0.25) is 0 Å². The van der Waals surface area contributed by atoms with E-state index in [-0.39, 0.29) is 12.2 Å². The van der Waals surface area contributed by atoms with Gasteiger partial charge in [-0.15, -0.1) is 0 Å². The maximum atomic E-state index is 11.4. The molecule has 0 spiro atoms. The minimum atomic E-state index is -0.622. The smallest absolute Gasteiger partial charge is 0.313 e. The highest BCUT2D eigenvalue weighted by Gasteiger charge is 2.29. The SMILES string of the molecule is COCC(C)(C)C(=O)CC(=O)OC. The Kier molecular flexibility index (Phi) is 4.62. The zero-order valence-electron chi connectivity index (χ0n) is 8.55. The number of ether oxygens (including phenoxy) is 2. The van der Waals surface area contributed by atoms with Crippen molar-refractivity contribution in [1.82, 2.24) is 0 Å². The van der Waals surface area contributed by atoms with Gasteiger partial charge in [-0.25, -0.2) is 0 Å². The summed E-state index contributed by atoms with van der Waals surface area (Å²) in [7, 11) is 2.78. The number of carbonyl (C=O) groups excluding carboxylic acids is 2. The molecule has 0 rings (SSSR count). The normalized spacial score (nSPS) is 11.1. The number of hydrogen-bond donors (Lipinski definition) is 0. The van der Waals surface area contributed by atoms with Gasteiger partial charge in [0.25, 0.3) is 0 Å². The fourth-order valence-electron chi connectivity index (χ4n) is 0.884. The summed E-state index contributed by atoms with van der Waals surface area (Å²) in [6.07, 6.45) is -0.188. The highest BCUT2D eigenvalue weighted by atomic mass is 16.5. The number of hydrogen-bond acceptors (Lipinski definition) is 4. The first-order valence-electron chi connectivity index (χ1n) is 4.03. The predicted molar refractivity (Wildman–Crippen MR) is 47.3 cm³/mol. The van der Waals surface area contributed by atoms with Crippen molar-refractivity contribution < 1.29 is 19.1 Å². The maximum Gasteiger partial charge on any atom is 0.313 e. The van der Waals surface area contributed by atoms with E-state index in [1.165, 1.54) is 14.2 Å². The lowest BCUT2D eigenvalue weighted by Crippen LogP contribution is -2.31. The minimum Gasteiger partial charge on any atom is -0.469 e. The fraction of sp³-hybridized carbons (Fsp3) is 0.778. The number of ketones is 1. The van der Waals surface area contributed by atoms with E-state index in [0.717, 1.165) is 0 Å². The highest BCUT2D eigenvalue weighted by Crippen LogP contribution is 2.18. The first-order valence-corrected chi connectivity index (χ1v) is 4.03. The zero-order chi connectivity index (χ0) is 10.5. The predicted octanol–water partition coefficient (Wildman–Crippen LogP) is 0.791. The number of rotatable bonds is 5. The van der Waals surface area contributed by atoms with Crippen molar-refractivity contribution in [1.29, 1.82) is 0 Å². The van der Waals surface area contributed by atoms with Crippen LogP contribution in [0.3, 0.4) is 0 Å². The lowest BCUT2D eigenvalue weighted by atomic mass is 9.87. The van der Waals surface area contributed by atoms with Crippen molar-refractivity contribution in [3.8, 4) is 0 Å². The molecule has 0 heterocycles. The van der Waals surface area contributed by atoms with Gasteiger partial charge in [0, 0.05) is 12.5 Å². The number of methoxy groups -OCH3 is 2. The second-order valence-corrected chi connectivity index (χ2v) is 3.49. The summed E-state index contributed by atoms with van der Waals surface area (Å²) >= 11 is 0. The molecule has 0 atom stereocenters. The summed E-state index contributed by atoms with van der Waals surface area (Å²) < 4.78 is 9.26.